The molecule has 178 valence electrons. The van der Waals surface area contributed by atoms with Gasteiger partial charge in [0.05, 0.1) is 17.0 Å². The van der Waals surface area contributed by atoms with Gasteiger partial charge in [0.1, 0.15) is 0 Å². The molecule has 35 heavy (non-hydrogen) atoms. The van der Waals surface area contributed by atoms with Gasteiger partial charge in [0.15, 0.2) is 16.6 Å². The lowest BCUT2D eigenvalue weighted by atomic mass is 10.1. The summed E-state index contributed by atoms with van der Waals surface area (Å²) in [6.07, 6.45) is 0.648. The molecule has 0 saturated heterocycles. The highest BCUT2D eigenvalue weighted by Gasteiger charge is 2.16. The number of carbonyl (C=O) groups is 1. The molecule has 5 aromatic rings. The first kappa shape index (κ1) is 23.0. The predicted octanol–water partition coefficient (Wildman–Crippen LogP) is 4.68. The lowest BCUT2D eigenvalue weighted by Gasteiger charge is -2.09. The fourth-order valence-electron chi connectivity index (χ4n) is 4.15. The van der Waals surface area contributed by atoms with E-state index >= 15 is 0 Å². The number of hydrogen-bond donors (Lipinski definition) is 1. The largest absolute Gasteiger partial charge is 0.325 e. The van der Waals surface area contributed by atoms with Gasteiger partial charge in [0.2, 0.25) is 5.91 Å². The zero-order chi connectivity index (χ0) is 24.5. The van der Waals surface area contributed by atoms with Gasteiger partial charge >= 0.3 is 0 Å². The Bertz CT molecular complexity index is 1550. The van der Waals surface area contributed by atoms with E-state index in [1.807, 2.05) is 68.8 Å². The summed E-state index contributed by atoms with van der Waals surface area (Å²) in [4.78, 5) is 22.3. The van der Waals surface area contributed by atoms with Crippen molar-refractivity contribution in [2.45, 2.75) is 45.8 Å². The number of amides is 1. The van der Waals surface area contributed by atoms with Crippen molar-refractivity contribution in [1.82, 2.24) is 29.4 Å². The van der Waals surface area contributed by atoms with Crippen molar-refractivity contribution in [3.8, 4) is 0 Å². The number of nitrogens with zero attached hydrogens (tertiary/aromatic N) is 6. The number of aromatic nitrogens is 6. The summed E-state index contributed by atoms with van der Waals surface area (Å²) >= 11 is 1.35. The van der Waals surface area contributed by atoms with Gasteiger partial charge in [-0.2, -0.15) is 9.61 Å². The van der Waals surface area contributed by atoms with Crippen LogP contribution in [0, 0.1) is 27.7 Å². The first-order valence-electron chi connectivity index (χ1n) is 11.5. The van der Waals surface area contributed by atoms with Crippen LogP contribution < -0.4 is 5.32 Å². The van der Waals surface area contributed by atoms with Crippen molar-refractivity contribution in [3.63, 3.8) is 0 Å². The number of hydrogen-bond acceptors (Lipinski definition) is 6. The lowest BCUT2D eigenvalue weighted by molar-refractivity contribution is -0.113. The summed E-state index contributed by atoms with van der Waals surface area (Å²) in [6.45, 7) is 8.77. The van der Waals surface area contributed by atoms with E-state index in [4.69, 9.17) is 15.1 Å². The van der Waals surface area contributed by atoms with E-state index in [1.54, 1.807) is 4.52 Å². The number of fused-ring (bicyclic) bond motifs is 3. The van der Waals surface area contributed by atoms with Crippen LogP contribution in [0.1, 0.15) is 28.3 Å². The number of benzene rings is 2. The van der Waals surface area contributed by atoms with Crippen LogP contribution in [0.4, 0.5) is 5.69 Å². The van der Waals surface area contributed by atoms with Crippen LogP contribution in [-0.2, 0) is 17.8 Å². The molecular weight excluding hydrogens is 458 g/mol. The Balaban J connectivity index is 1.39. The second-order valence-electron chi connectivity index (χ2n) is 8.73. The zero-order valence-corrected chi connectivity index (χ0v) is 21.1. The highest BCUT2D eigenvalue weighted by atomic mass is 32.2. The van der Waals surface area contributed by atoms with Crippen LogP contribution in [0.25, 0.3) is 16.6 Å². The fraction of sp³-hybridized carbons (Fsp3) is 0.269. The molecule has 0 unspecified atom stereocenters. The maximum atomic E-state index is 12.7. The molecule has 0 radical (unpaired) electrons. The summed E-state index contributed by atoms with van der Waals surface area (Å²) in [6, 6.07) is 15.9. The average Bonchev–Trinajstić information content (AvgIpc) is 3.40. The van der Waals surface area contributed by atoms with E-state index in [-0.39, 0.29) is 11.7 Å². The minimum atomic E-state index is -0.0880. The molecule has 8 nitrogen and oxygen atoms in total. The maximum Gasteiger partial charge on any atom is 0.234 e. The number of anilines is 1. The number of nitrogens with one attached hydrogen (secondary N) is 1. The number of rotatable bonds is 7. The van der Waals surface area contributed by atoms with Gasteiger partial charge in [0, 0.05) is 29.7 Å². The Morgan fingerprint density at radius 2 is 1.83 bits per heavy atom. The maximum absolute atomic E-state index is 12.7. The molecule has 3 aromatic heterocycles. The summed E-state index contributed by atoms with van der Waals surface area (Å²) in [7, 11) is 0. The Morgan fingerprint density at radius 1 is 1.00 bits per heavy atom. The van der Waals surface area contributed by atoms with E-state index in [1.165, 1.54) is 11.8 Å². The van der Waals surface area contributed by atoms with Crippen molar-refractivity contribution in [1.29, 1.82) is 0 Å². The van der Waals surface area contributed by atoms with Crippen molar-refractivity contribution in [2.75, 3.05) is 11.1 Å². The van der Waals surface area contributed by atoms with Gasteiger partial charge in [-0.3, -0.25) is 9.48 Å². The normalized spacial score (nSPS) is 11.4. The third-order valence-electron chi connectivity index (χ3n) is 5.83. The molecular formula is C26H27N7OS. The van der Waals surface area contributed by atoms with E-state index in [0.717, 1.165) is 50.6 Å². The molecule has 0 atom stereocenters. The molecule has 1 N–H and O–H groups in total. The summed E-state index contributed by atoms with van der Waals surface area (Å²) in [5, 5.41) is 13.9. The van der Waals surface area contributed by atoms with Gasteiger partial charge in [0.25, 0.3) is 0 Å². The Morgan fingerprint density at radius 3 is 2.60 bits per heavy atom. The molecule has 0 aliphatic rings. The van der Waals surface area contributed by atoms with Crippen molar-refractivity contribution in [2.24, 2.45) is 0 Å². The Kier molecular flexibility index (Phi) is 6.25. The van der Waals surface area contributed by atoms with Gasteiger partial charge in [-0.1, -0.05) is 41.6 Å². The monoisotopic (exact) mass is 485 g/mol. The topological polar surface area (TPSA) is 90.0 Å². The summed E-state index contributed by atoms with van der Waals surface area (Å²) < 4.78 is 3.73. The van der Waals surface area contributed by atoms with Crippen molar-refractivity contribution < 1.29 is 4.79 Å². The second kappa shape index (κ2) is 9.50. The molecule has 2 aromatic carbocycles. The molecule has 1 amide bonds. The van der Waals surface area contributed by atoms with E-state index < -0.39 is 0 Å². The third kappa shape index (κ3) is 4.90. The summed E-state index contributed by atoms with van der Waals surface area (Å²) in [5.74, 6) is 0.849. The number of para-hydroxylation sites is 1. The number of aryl methyl sites for hydroxylation is 6. The molecule has 5 rings (SSSR count). The quantitative estimate of drug-likeness (QED) is 0.266. The Hall–Kier alpha value is -3.72. The third-order valence-corrected chi connectivity index (χ3v) is 6.76. The van der Waals surface area contributed by atoms with Crippen molar-refractivity contribution >= 4 is 39.9 Å². The van der Waals surface area contributed by atoms with Crippen LogP contribution in [-0.4, -0.2) is 41.0 Å². The SMILES string of the molecule is Cc1ccc(NC(=O)CSc2nc3ccccc3c3nc(CCn4nc(C)cc4C)nn23)c(C)c1. The van der Waals surface area contributed by atoms with E-state index in [2.05, 4.69) is 22.5 Å². The van der Waals surface area contributed by atoms with Crippen LogP contribution in [0.3, 0.4) is 0 Å². The summed E-state index contributed by atoms with van der Waals surface area (Å²) in [5.41, 5.74) is 6.72. The first-order chi connectivity index (χ1) is 16.9. The van der Waals surface area contributed by atoms with Crippen LogP contribution in [0.15, 0.2) is 53.7 Å². The molecule has 3 heterocycles. The lowest BCUT2D eigenvalue weighted by Crippen LogP contribution is -2.15. The minimum Gasteiger partial charge on any atom is -0.325 e. The molecule has 0 fully saturated rings. The standard InChI is InChI=1S/C26H27N7OS/c1-16-9-10-21(17(2)13-16)27-24(34)15-35-26-28-22-8-6-5-7-20(22)25-29-23(31-33(25)26)11-12-32-19(4)14-18(3)30-32/h5-10,13-14H,11-12,15H2,1-4H3,(H,27,34). The smallest absolute Gasteiger partial charge is 0.234 e. The molecule has 0 bridgehead atoms. The van der Waals surface area contributed by atoms with Crippen LogP contribution in [0.2, 0.25) is 0 Å². The van der Waals surface area contributed by atoms with Gasteiger partial charge in [-0.25, -0.2) is 9.97 Å². The van der Waals surface area contributed by atoms with Gasteiger partial charge < -0.3 is 5.32 Å². The van der Waals surface area contributed by atoms with Crippen molar-refractivity contribution in [3.05, 3.63) is 76.9 Å². The average molecular weight is 486 g/mol. The molecule has 0 aliphatic heterocycles. The number of carbonyl (C=O) groups excluding carboxylic acids is 1. The molecule has 0 spiro atoms. The van der Waals surface area contributed by atoms with Gasteiger partial charge in [-0.05, 0) is 57.5 Å². The first-order valence-corrected chi connectivity index (χ1v) is 12.5. The molecule has 0 aliphatic carbocycles. The van der Waals surface area contributed by atoms with E-state index in [9.17, 15) is 4.79 Å². The molecule has 9 heteroatoms. The Labute approximate surface area is 207 Å². The highest BCUT2D eigenvalue weighted by molar-refractivity contribution is 7.99. The van der Waals surface area contributed by atoms with Gasteiger partial charge in [-0.15, -0.1) is 5.10 Å². The predicted molar refractivity (Wildman–Crippen MR) is 139 cm³/mol. The van der Waals surface area contributed by atoms with Crippen LogP contribution in [0.5, 0.6) is 0 Å². The highest BCUT2D eigenvalue weighted by Crippen LogP contribution is 2.25. The zero-order valence-electron chi connectivity index (χ0n) is 20.2. The fourth-order valence-corrected chi connectivity index (χ4v) is 4.89. The molecule has 0 saturated carbocycles. The number of thioether (sulfide) groups is 1. The second-order valence-corrected chi connectivity index (χ2v) is 9.67. The van der Waals surface area contributed by atoms with Crippen LogP contribution >= 0.6 is 11.8 Å². The minimum absolute atomic E-state index is 0.0880. The van der Waals surface area contributed by atoms with E-state index in [0.29, 0.717) is 18.1 Å².